The third kappa shape index (κ3) is 2.25. The first kappa shape index (κ1) is 13.9. The Bertz CT molecular complexity index is 813. The van der Waals surface area contributed by atoms with Crippen LogP contribution in [0.2, 0.25) is 0 Å². The highest BCUT2D eigenvalue weighted by Crippen LogP contribution is 2.28. The molecule has 0 N–H and O–H groups in total. The van der Waals surface area contributed by atoms with Gasteiger partial charge in [-0.1, -0.05) is 6.07 Å². The van der Waals surface area contributed by atoms with Crippen LogP contribution in [-0.2, 0) is 5.88 Å². The van der Waals surface area contributed by atoms with Crippen LogP contribution in [0.4, 0.5) is 4.39 Å². The second kappa shape index (κ2) is 5.37. The van der Waals surface area contributed by atoms with Crippen molar-refractivity contribution in [2.45, 2.75) is 12.8 Å². The zero-order valence-corrected chi connectivity index (χ0v) is 12.5. The number of alkyl halides is 1. The van der Waals surface area contributed by atoms with Crippen LogP contribution >= 0.6 is 11.6 Å². The maximum atomic E-state index is 13.9. The van der Waals surface area contributed by atoms with E-state index in [1.165, 1.54) is 6.07 Å². The molecule has 0 aliphatic rings. The average Bonchev–Trinajstić information content (AvgIpc) is 2.87. The molecule has 0 unspecified atom stereocenters. The van der Waals surface area contributed by atoms with Crippen molar-refractivity contribution in [3.05, 3.63) is 53.6 Å². The standard InChI is InChI=1S/C16H14ClFN2O/c1-10-8-11(21-2)6-7-13(10)20-14-5-3-4-12(18)16(14)19-15(20)9-17/h3-8H,9H2,1-2H3. The normalized spacial score (nSPS) is 11.0. The number of rotatable bonds is 3. The van der Waals surface area contributed by atoms with Gasteiger partial charge >= 0.3 is 0 Å². The predicted molar refractivity (Wildman–Crippen MR) is 81.9 cm³/mol. The van der Waals surface area contributed by atoms with Crippen molar-refractivity contribution in [1.82, 2.24) is 9.55 Å². The van der Waals surface area contributed by atoms with Gasteiger partial charge in [-0.05, 0) is 42.8 Å². The summed E-state index contributed by atoms with van der Waals surface area (Å²) >= 11 is 5.99. The molecular weight excluding hydrogens is 291 g/mol. The predicted octanol–water partition coefficient (Wildman–Crippen LogP) is 4.22. The van der Waals surface area contributed by atoms with Gasteiger partial charge in [0.2, 0.25) is 0 Å². The van der Waals surface area contributed by atoms with Gasteiger partial charge in [0.25, 0.3) is 0 Å². The Morgan fingerprint density at radius 2 is 2.10 bits per heavy atom. The van der Waals surface area contributed by atoms with E-state index in [1.54, 1.807) is 13.2 Å². The highest BCUT2D eigenvalue weighted by Gasteiger charge is 2.15. The van der Waals surface area contributed by atoms with Crippen molar-refractivity contribution < 1.29 is 9.13 Å². The third-order valence-corrected chi connectivity index (χ3v) is 3.71. The van der Waals surface area contributed by atoms with E-state index < -0.39 is 0 Å². The first-order valence-corrected chi connectivity index (χ1v) is 7.06. The van der Waals surface area contributed by atoms with Crippen LogP contribution in [0.25, 0.3) is 16.7 Å². The molecule has 1 heterocycles. The van der Waals surface area contributed by atoms with E-state index in [0.717, 1.165) is 17.0 Å². The molecule has 0 atom stereocenters. The monoisotopic (exact) mass is 304 g/mol. The molecule has 2 aromatic carbocycles. The van der Waals surface area contributed by atoms with E-state index in [1.807, 2.05) is 35.8 Å². The number of hydrogen-bond acceptors (Lipinski definition) is 2. The molecule has 0 bridgehead atoms. The van der Waals surface area contributed by atoms with E-state index in [4.69, 9.17) is 16.3 Å². The Morgan fingerprint density at radius 1 is 1.29 bits per heavy atom. The summed E-state index contributed by atoms with van der Waals surface area (Å²) in [6.45, 7) is 1.97. The molecule has 21 heavy (non-hydrogen) atoms. The van der Waals surface area contributed by atoms with Crippen LogP contribution < -0.4 is 4.74 Å². The first-order valence-electron chi connectivity index (χ1n) is 6.52. The van der Waals surface area contributed by atoms with Crippen LogP contribution in [0.15, 0.2) is 36.4 Å². The summed E-state index contributed by atoms with van der Waals surface area (Å²) in [5.41, 5.74) is 2.96. The molecule has 3 nitrogen and oxygen atoms in total. The molecule has 0 radical (unpaired) electrons. The summed E-state index contributed by atoms with van der Waals surface area (Å²) < 4.78 is 21.0. The molecule has 0 amide bonds. The number of ether oxygens (including phenoxy) is 1. The summed E-state index contributed by atoms with van der Waals surface area (Å²) in [7, 11) is 1.63. The van der Waals surface area contributed by atoms with Gasteiger partial charge < -0.3 is 4.74 Å². The lowest BCUT2D eigenvalue weighted by Gasteiger charge is -2.12. The molecule has 1 aromatic heterocycles. The lowest BCUT2D eigenvalue weighted by Crippen LogP contribution is -2.01. The minimum Gasteiger partial charge on any atom is -0.497 e. The highest BCUT2D eigenvalue weighted by molar-refractivity contribution is 6.17. The fraction of sp³-hybridized carbons (Fsp3) is 0.188. The van der Waals surface area contributed by atoms with E-state index in [2.05, 4.69) is 4.98 Å². The Hall–Kier alpha value is -2.07. The van der Waals surface area contributed by atoms with Crippen molar-refractivity contribution >= 4 is 22.6 Å². The number of halogens is 2. The number of imidazole rings is 1. The molecule has 0 fully saturated rings. The molecule has 3 rings (SSSR count). The Labute approximate surface area is 126 Å². The lowest BCUT2D eigenvalue weighted by molar-refractivity contribution is 0.414. The number of aromatic nitrogens is 2. The fourth-order valence-electron chi connectivity index (χ4n) is 2.48. The Balaban J connectivity index is 2.31. The zero-order valence-electron chi connectivity index (χ0n) is 11.7. The van der Waals surface area contributed by atoms with E-state index in [9.17, 15) is 4.39 Å². The minimum atomic E-state index is -0.344. The molecule has 0 saturated carbocycles. The van der Waals surface area contributed by atoms with Crippen LogP contribution in [0.5, 0.6) is 5.75 Å². The van der Waals surface area contributed by atoms with E-state index in [-0.39, 0.29) is 11.7 Å². The van der Waals surface area contributed by atoms with E-state index in [0.29, 0.717) is 16.9 Å². The summed E-state index contributed by atoms with van der Waals surface area (Å²) in [6.07, 6.45) is 0. The number of nitrogens with zero attached hydrogens (tertiary/aromatic N) is 2. The van der Waals surface area contributed by atoms with Crippen LogP contribution in [-0.4, -0.2) is 16.7 Å². The number of para-hydroxylation sites is 1. The average molecular weight is 305 g/mol. The molecule has 5 heteroatoms. The van der Waals surface area contributed by atoms with E-state index >= 15 is 0 Å². The maximum Gasteiger partial charge on any atom is 0.151 e. The maximum absolute atomic E-state index is 13.9. The molecule has 3 aromatic rings. The molecular formula is C16H14ClFN2O. The Morgan fingerprint density at radius 3 is 2.76 bits per heavy atom. The quantitative estimate of drug-likeness (QED) is 0.677. The molecule has 0 spiro atoms. The van der Waals surface area contributed by atoms with Gasteiger partial charge in [-0.2, -0.15) is 0 Å². The summed E-state index contributed by atoms with van der Waals surface area (Å²) in [6, 6.07) is 10.6. The van der Waals surface area contributed by atoms with Gasteiger partial charge in [-0.15, -0.1) is 11.6 Å². The number of hydrogen-bond donors (Lipinski definition) is 0. The number of aryl methyl sites for hydroxylation is 1. The Kier molecular flexibility index (Phi) is 3.55. The SMILES string of the molecule is COc1ccc(-n2c(CCl)nc3c(F)cccc32)c(C)c1. The highest BCUT2D eigenvalue weighted by atomic mass is 35.5. The van der Waals surface area contributed by atoms with Gasteiger partial charge in [0.05, 0.1) is 24.2 Å². The van der Waals surface area contributed by atoms with Gasteiger partial charge in [0, 0.05) is 0 Å². The van der Waals surface area contributed by atoms with Crippen molar-refractivity contribution in [2.24, 2.45) is 0 Å². The van der Waals surface area contributed by atoms with Crippen molar-refractivity contribution in [2.75, 3.05) is 7.11 Å². The van der Waals surface area contributed by atoms with Gasteiger partial charge in [-0.25, -0.2) is 9.37 Å². The van der Waals surface area contributed by atoms with Crippen LogP contribution in [0, 0.1) is 12.7 Å². The molecule has 0 saturated heterocycles. The second-order valence-corrected chi connectivity index (χ2v) is 5.02. The summed E-state index contributed by atoms with van der Waals surface area (Å²) in [4.78, 5) is 4.32. The van der Waals surface area contributed by atoms with Gasteiger partial charge in [0.1, 0.15) is 17.1 Å². The molecule has 108 valence electrons. The number of fused-ring (bicyclic) bond motifs is 1. The topological polar surface area (TPSA) is 27.1 Å². The number of benzene rings is 2. The van der Waals surface area contributed by atoms with Crippen LogP contribution in [0.3, 0.4) is 0 Å². The van der Waals surface area contributed by atoms with Gasteiger partial charge in [-0.3, -0.25) is 4.57 Å². The largest absolute Gasteiger partial charge is 0.497 e. The summed E-state index contributed by atoms with van der Waals surface area (Å²) in [5, 5.41) is 0. The summed E-state index contributed by atoms with van der Waals surface area (Å²) in [5.74, 6) is 1.26. The van der Waals surface area contributed by atoms with Crippen molar-refractivity contribution in [1.29, 1.82) is 0 Å². The zero-order chi connectivity index (χ0) is 15.0. The first-order chi connectivity index (χ1) is 10.2. The fourth-order valence-corrected chi connectivity index (χ4v) is 2.66. The number of methoxy groups -OCH3 is 1. The second-order valence-electron chi connectivity index (χ2n) is 4.76. The molecule has 0 aliphatic heterocycles. The smallest absolute Gasteiger partial charge is 0.151 e. The van der Waals surface area contributed by atoms with Crippen molar-refractivity contribution in [3.63, 3.8) is 0 Å². The lowest BCUT2D eigenvalue weighted by atomic mass is 10.1. The van der Waals surface area contributed by atoms with Gasteiger partial charge in [0.15, 0.2) is 5.82 Å². The molecule has 0 aliphatic carbocycles. The minimum absolute atomic E-state index is 0.208. The van der Waals surface area contributed by atoms with Crippen LogP contribution in [0.1, 0.15) is 11.4 Å². The third-order valence-electron chi connectivity index (χ3n) is 3.47. The van der Waals surface area contributed by atoms with Crippen molar-refractivity contribution in [3.8, 4) is 11.4 Å².